The standard InChI is InChI=1S/C18H18N4O/c23-18(9-12-10-19-16-4-2-1-3-15(12)16)22-14-7-8-17(20-11-14)21-13-5-6-13/h1-4,7-8,10-11,13,19H,5-6,9H2,(H,20,21)(H,22,23). The zero-order chi connectivity index (χ0) is 15.6. The molecule has 0 unspecified atom stereocenters. The largest absolute Gasteiger partial charge is 0.367 e. The molecule has 3 aromatic rings. The van der Waals surface area contributed by atoms with Gasteiger partial charge < -0.3 is 15.6 Å². The predicted octanol–water partition coefficient (Wildman–Crippen LogP) is 3.32. The van der Waals surface area contributed by atoms with E-state index in [0.717, 1.165) is 28.0 Å². The van der Waals surface area contributed by atoms with Crippen molar-refractivity contribution in [3.05, 3.63) is 54.4 Å². The molecule has 5 nitrogen and oxygen atoms in total. The zero-order valence-corrected chi connectivity index (χ0v) is 12.7. The zero-order valence-electron chi connectivity index (χ0n) is 12.7. The van der Waals surface area contributed by atoms with Gasteiger partial charge in [-0.25, -0.2) is 4.98 Å². The van der Waals surface area contributed by atoms with E-state index in [1.807, 2.05) is 42.6 Å². The minimum Gasteiger partial charge on any atom is -0.367 e. The second kappa shape index (κ2) is 5.76. The topological polar surface area (TPSA) is 69.8 Å². The van der Waals surface area contributed by atoms with Crippen LogP contribution in [0.5, 0.6) is 0 Å². The van der Waals surface area contributed by atoms with Gasteiger partial charge in [0.1, 0.15) is 5.82 Å². The van der Waals surface area contributed by atoms with Gasteiger partial charge in [0.2, 0.25) is 5.91 Å². The summed E-state index contributed by atoms with van der Waals surface area (Å²) in [6, 6.07) is 12.3. The molecular weight excluding hydrogens is 288 g/mol. The number of hydrogen-bond donors (Lipinski definition) is 3. The summed E-state index contributed by atoms with van der Waals surface area (Å²) in [7, 11) is 0. The number of amides is 1. The van der Waals surface area contributed by atoms with Crippen molar-refractivity contribution < 1.29 is 4.79 Å². The van der Waals surface area contributed by atoms with Crippen LogP contribution >= 0.6 is 0 Å². The molecule has 3 N–H and O–H groups in total. The molecule has 1 aliphatic carbocycles. The number of H-pyrrole nitrogens is 1. The summed E-state index contributed by atoms with van der Waals surface area (Å²) in [6.07, 6.45) is 6.35. The Labute approximate surface area is 134 Å². The molecule has 5 heteroatoms. The average molecular weight is 306 g/mol. The monoisotopic (exact) mass is 306 g/mol. The van der Waals surface area contributed by atoms with E-state index in [1.54, 1.807) is 6.20 Å². The summed E-state index contributed by atoms with van der Waals surface area (Å²) < 4.78 is 0. The number of hydrogen-bond acceptors (Lipinski definition) is 3. The fourth-order valence-corrected chi connectivity index (χ4v) is 2.65. The lowest BCUT2D eigenvalue weighted by Crippen LogP contribution is -2.14. The minimum atomic E-state index is -0.0422. The van der Waals surface area contributed by atoms with E-state index in [9.17, 15) is 4.79 Å². The molecule has 0 bridgehead atoms. The second-order valence-electron chi connectivity index (χ2n) is 5.94. The van der Waals surface area contributed by atoms with Crippen molar-refractivity contribution in [2.45, 2.75) is 25.3 Å². The quantitative estimate of drug-likeness (QED) is 0.677. The lowest BCUT2D eigenvalue weighted by molar-refractivity contribution is -0.115. The molecule has 0 aliphatic heterocycles. The number of pyridine rings is 1. The number of carbonyl (C=O) groups is 1. The van der Waals surface area contributed by atoms with Gasteiger partial charge in [0.05, 0.1) is 18.3 Å². The van der Waals surface area contributed by atoms with Crippen LogP contribution in [0.4, 0.5) is 11.5 Å². The van der Waals surface area contributed by atoms with E-state index in [2.05, 4.69) is 20.6 Å². The van der Waals surface area contributed by atoms with Gasteiger partial charge in [-0.2, -0.15) is 0 Å². The molecule has 1 aromatic carbocycles. The Morgan fingerprint density at radius 1 is 1.22 bits per heavy atom. The third kappa shape index (κ3) is 3.18. The summed E-state index contributed by atoms with van der Waals surface area (Å²) >= 11 is 0. The van der Waals surface area contributed by atoms with E-state index in [4.69, 9.17) is 0 Å². The summed E-state index contributed by atoms with van der Waals surface area (Å²) in [5.74, 6) is 0.821. The van der Waals surface area contributed by atoms with Crippen LogP contribution in [-0.4, -0.2) is 21.9 Å². The lowest BCUT2D eigenvalue weighted by Gasteiger charge is -2.07. The van der Waals surface area contributed by atoms with Gasteiger partial charge in [-0.15, -0.1) is 0 Å². The molecule has 1 aliphatic rings. The van der Waals surface area contributed by atoms with Gasteiger partial charge in [0.15, 0.2) is 0 Å². The molecule has 2 aromatic heterocycles. The number of benzene rings is 1. The lowest BCUT2D eigenvalue weighted by atomic mass is 10.1. The van der Waals surface area contributed by atoms with Gasteiger partial charge in [0, 0.05) is 23.1 Å². The van der Waals surface area contributed by atoms with Crippen molar-refractivity contribution in [1.29, 1.82) is 0 Å². The summed E-state index contributed by atoms with van der Waals surface area (Å²) in [5.41, 5.74) is 2.77. The highest BCUT2D eigenvalue weighted by molar-refractivity contribution is 5.95. The number of fused-ring (bicyclic) bond motifs is 1. The van der Waals surface area contributed by atoms with Crippen LogP contribution in [0.15, 0.2) is 48.8 Å². The summed E-state index contributed by atoms with van der Waals surface area (Å²) in [6.45, 7) is 0. The number of aromatic amines is 1. The number of nitrogens with zero attached hydrogens (tertiary/aromatic N) is 1. The Morgan fingerprint density at radius 3 is 2.87 bits per heavy atom. The van der Waals surface area contributed by atoms with Crippen molar-refractivity contribution in [2.75, 3.05) is 10.6 Å². The predicted molar refractivity (Wildman–Crippen MR) is 91.5 cm³/mol. The van der Waals surface area contributed by atoms with Gasteiger partial charge in [-0.1, -0.05) is 18.2 Å². The average Bonchev–Trinajstić information content (AvgIpc) is 3.29. The minimum absolute atomic E-state index is 0.0422. The first-order valence-corrected chi connectivity index (χ1v) is 7.85. The first-order valence-electron chi connectivity index (χ1n) is 7.85. The number of para-hydroxylation sites is 1. The Bertz CT molecular complexity index is 834. The van der Waals surface area contributed by atoms with E-state index in [0.29, 0.717) is 12.5 Å². The number of carbonyl (C=O) groups excluding carboxylic acids is 1. The van der Waals surface area contributed by atoms with E-state index in [1.165, 1.54) is 12.8 Å². The molecule has 1 saturated carbocycles. The normalized spacial score (nSPS) is 13.9. The van der Waals surface area contributed by atoms with Crippen LogP contribution in [0.2, 0.25) is 0 Å². The molecule has 0 atom stereocenters. The molecule has 0 saturated heterocycles. The molecule has 0 radical (unpaired) electrons. The van der Waals surface area contributed by atoms with Crippen LogP contribution in [0.25, 0.3) is 10.9 Å². The van der Waals surface area contributed by atoms with Crippen LogP contribution in [0, 0.1) is 0 Å². The maximum absolute atomic E-state index is 12.2. The Morgan fingerprint density at radius 2 is 2.09 bits per heavy atom. The van der Waals surface area contributed by atoms with E-state index in [-0.39, 0.29) is 5.91 Å². The number of nitrogens with one attached hydrogen (secondary N) is 3. The maximum atomic E-state index is 12.2. The van der Waals surface area contributed by atoms with Gasteiger partial charge in [-0.05, 0) is 36.6 Å². The molecule has 0 spiro atoms. The van der Waals surface area contributed by atoms with Crippen molar-refractivity contribution >= 4 is 28.3 Å². The van der Waals surface area contributed by atoms with Gasteiger partial charge >= 0.3 is 0 Å². The Balaban J connectivity index is 1.41. The van der Waals surface area contributed by atoms with Crippen LogP contribution in [0.3, 0.4) is 0 Å². The van der Waals surface area contributed by atoms with Crippen molar-refractivity contribution in [3.8, 4) is 0 Å². The van der Waals surface area contributed by atoms with Crippen LogP contribution in [-0.2, 0) is 11.2 Å². The van der Waals surface area contributed by atoms with Gasteiger partial charge in [0.25, 0.3) is 0 Å². The van der Waals surface area contributed by atoms with Crippen molar-refractivity contribution in [1.82, 2.24) is 9.97 Å². The summed E-state index contributed by atoms with van der Waals surface area (Å²) in [4.78, 5) is 19.7. The van der Waals surface area contributed by atoms with E-state index >= 15 is 0 Å². The number of aromatic nitrogens is 2. The second-order valence-corrected chi connectivity index (χ2v) is 5.94. The molecule has 2 heterocycles. The van der Waals surface area contributed by atoms with E-state index < -0.39 is 0 Å². The maximum Gasteiger partial charge on any atom is 0.228 e. The molecular formula is C18H18N4O. The third-order valence-electron chi connectivity index (χ3n) is 4.00. The highest BCUT2D eigenvalue weighted by Gasteiger charge is 2.21. The Kier molecular flexibility index (Phi) is 3.46. The van der Waals surface area contributed by atoms with Crippen LogP contribution < -0.4 is 10.6 Å². The first-order chi connectivity index (χ1) is 11.3. The molecule has 1 fully saturated rings. The first kappa shape index (κ1) is 13.8. The summed E-state index contributed by atoms with van der Waals surface area (Å²) in [5, 5.41) is 7.31. The molecule has 4 rings (SSSR count). The smallest absolute Gasteiger partial charge is 0.228 e. The Hall–Kier alpha value is -2.82. The van der Waals surface area contributed by atoms with Gasteiger partial charge in [-0.3, -0.25) is 4.79 Å². The van der Waals surface area contributed by atoms with Crippen molar-refractivity contribution in [2.24, 2.45) is 0 Å². The fraction of sp³-hybridized carbons (Fsp3) is 0.222. The number of rotatable bonds is 5. The molecule has 1 amide bonds. The highest BCUT2D eigenvalue weighted by atomic mass is 16.1. The van der Waals surface area contributed by atoms with Crippen molar-refractivity contribution in [3.63, 3.8) is 0 Å². The molecule has 116 valence electrons. The molecule has 23 heavy (non-hydrogen) atoms. The third-order valence-corrected chi connectivity index (χ3v) is 4.00. The SMILES string of the molecule is O=C(Cc1c[nH]c2ccccc12)Nc1ccc(NC2CC2)nc1. The van der Waals surface area contributed by atoms with Crippen LogP contribution in [0.1, 0.15) is 18.4 Å². The fourth-order valence-electron chi connectivity index (χ4n) is 2.65. The number of anilines is 2. The highest BCUT2D eigenvalue weighted by Crippen LogP contribution is 2.24.